The van der Waals surface area contributed by atoms with Crippen molar-refractivity contribution in [1.29, 1.82) is 0 Å². The quantitative estimate of drug-likeness (QED) is 0.0297. The Morgan fingerprint density at radius 2 is 0.458 bits per heavy atom. The predicted octanol–water partition coefficient (Wildman–Crippen LogP) is 24.2. The zero-order valence-electron chi connectivity index (χ0n) is 71.8. The van der Waals surface area contributed by atoms with Crippen molar-refractivity contribution in [3.05, 3.63) is 0 Å². The highest BCUT2D eigenvalue weighted by Crippen LogP contribution is 2.22. The average Bonchev–Trinajstić information content (AvgIpc) is 1.18. The molecular formula is C92H179N5O10. The first-order chi connectivity index (χ1) is 52.5. The standard InChI is InChI=1S/C92H179N5O10/c1-7-13-19-25-31-33-35-47-63-81-104-89(100)69-57-49-61-77-96(75-59-45-37-43-55-71-91(102)106-85(65-51-39-27-21-15-9-3)66-52-40-28-22-16-10-4)79-73-94-87(98)83-93-84-88(99)95-74-80-97(78-62-50-58-70-90(101)105-82-64-48-36-34-32-26-20-14-8-2)76-60-46-38-44-56-72-92(103)107-86(67-53-41-29-23-17-11-5)68-54-42-30-24-18-12-6/h85-86,93H,7-84H2,1-6H3,(H,94,98)(H,95,99). The summed E-state index contributed by atoms with van der Waals surface area (Å²) in [4.78, 5) is 82.5. The number of hydrogen-bond acceptors (Lipinski definition) is 13. The molecule has 0 radical (unpaired) electrons. The van der Waals surface area contributed by atoms with Gasteiger partial charge in [-0.15, -0.1) is 0 Å². The number of carbonyl (C=O) groups is 6. The minimum atomic E-state index is -0.141. The number of unbranched alkanes of at least 4 members (excludes halogenated alkanes) is 48. The maximum atomic E-state index is 13.1. The first-order valence-electron chi connectivity index (χ1n) is 46.9. The Hall–Kier alpha value is -3.30. The number of amides is 2. The van der Waals surface area contributed by atoms with Crippen LogP contribution in [0.5, 0.6) is 0 Å². The van der Waals surface area contributed by atoms with Crippen molar-refractivity contribution < 1.29 is 47.7 Å². The lowest BCUT2D eigenvalue weighted by Crippen LogP contribution is -2.43. The van der Waals surface area contributed by atoms with Gasteiger partial charge < -0.3 is 39.4 Å². The molecule has 0 saturated carbocycles. The summed E-state index contributed by atoms with van der Waals surface area (Å²) in [5, 5.41) is 9.24. The van der Waals surface area contributed by atoms with E-state index >= 15 is 0 Å². The highest BCUT2D eigenvalue weighted by Gasteiger charge is 2.18. The number of hydrogen-bond donors (Lipinski definition) is 3. The minimum Gasteiger partial charge on any atom is -0.466 e. The topological polar surface area (TPSA) is 182 Å². The van der Waals surface area contributed by atoms with Crippen LogP contribution in [-0.2, 0) is 47.7 Å². The van der Waals surface area contributed by atoms with E-state index in [1.807, 2.05) is 0 Å². The lowest BCUT2D eigenvalue weighted by Gasteiger charge is -2.23. The number of nitrogens with one attached hydrogen (secondary N) is 3. The van der Waals surface area contributed by atoms with Crippen LogP contribution in [0.15, 0.2) is 0 Å². The van der Waals surface area contributed by atoms with Gasteiger partial charge in [-0.2, -0.15) is 0 Å². The summed E-state index contributed by atoms with van der Waals surface area (Å²) in [5.41, 5.74) is 0. The van der Waals surface area contributed by atoms with Crippen molar-refractivity contribution in [2.45, 2.75) is 478 Å². The second-order valence-electron chi connectivity index (χ2n) is 32.2. The molecule has 0 saturated heterocycles. The Morgan fingerprint density at radius 1 is 0.243 bits per heavy atom. The second kappa shape index (κ2) is 85.1. The fraction of sp³-hybridized carbons (Fsp3) is 0.935. The van der Waals surface area contributed by atoms with Crippen LogP contribution in [0.3, 0.4) is 0 Å². The molecule has 15 heteroatoms. The van der Waals surface area contributed by atoms with E-state index in [9.17, 15) is 28.8 Å². The van der Waals surface area contributed by atoms with E-state index in [2.05, 4.69) is 67.3 Å². The summed E-state index contributed by atoms with van der Waals surface area (Å²) in [7, 11) is 0. The van der Waals surface area contributed by atoms with E-state index in [-0.39, 0.29) is 61.0 Å². The molecule has 0 aromatic heterocycles. The Balaban J connectivity index is 5.32. The van der Waals surface area contributed by atoms with E-state index in [0.29, 0.717) is 52.0 Å². The summed E-state index contributed by atoms with van der Waals surface area (Å²) >= 11 is 0. The van der Waals surface area contributed by atoms with Crippen LogP contribution in [-0.4, -0.2) is 136 Å². The van der Waals surface area contributed by atoms with Crippen LogP contribution < -0.4 is 16.0 Å². The molecule has 0 aromatic carbocycles. The molecule has 15 nitrogen and oxygen atoms in total. The molecule has 0 heterocycles. The van der Waals surface area contributed by atoms with Crippen LogP contribution in [0.4, 0.5) is 0 Å². The summed E-state index contributed by atoms with van der Waals surface area (Å²) in [6, 6.07) is 0. The monoisotopic (exact) mass is 1510 g/mol. The zero-order valence-corrected chi connectivity index (χ0v) is 71.8. The average molecular weight is 1520 g/mol. The van der Waals surface area contributed by atoms with Crippen LogP contribution in [0.25, 0.3) is 0 Å². The van der Waals surface area contributed by atoms with E-state index in [0.717, 1.165) is 219 Å². The molecule has 0 aliphatic rings. The van der Waals surface area contributed by atoms with E-state index in [4.69, 9.17) is 18.9 Å². The lowest BCUT2D eigenvalue weighted by molar-refractivity contribution is -0.151. The van der Waals surface area contributed by atoms with Gasteiger partial charge in [-0.25, -0.2) is 0 Å². The van der Waals surface area contributed by atoms with Gasteiger partial charge in [-0.3, -0.25) is 34.1 Å². The normalized spacial score (nSPS) is 11.6. The molecule has 0 aliphatic carbocycles. The van der Waals surface area contributed by atoms with Crippen molar-refractivity contribution in [2.75, 3.05) is 78.7 Å². The van der Waals surface area contributed by atoms with Gasteiger partial charge in [0.15, 0.2) is 0 Å². The molecule has 0 aliphatic heterocycles. The molecule has 0 fully saturated rings. The fourth-order valence-corrected chi connectivity index (χ4v) is 14.6. The summed E-state index contributed by atoms with van der Waals surface area (Å²) < 4.78 is 23.4. The van der Waals surface area contributed by atoms with Gasteiger partial charge in [0, 0.05) is 51.9 Å². The zero-order chi connectivity index (χ0) is 77.9. The smallest absolute Gasteiger partial charge is 0.306 e. The van der Waals surface area contributed by atoms with Crippen molar-refractivity contribution in [3.63, 3.8) is 0 Å². The SMILES string of the molecule is CCCCCCCCCCCOC(=O)CCCCCN(CCCCCCCC(=O)OC(CCCCCCCC)CCCCCCCC)CCNC(=O)CNCC(=O)NCCN(CCCCCCCC(=O)OC(CCCCCCCC)CCCCCCCC)CCCCCC(=O)OCCCCCCCCCCC. The van der Waals surface area contributed by atoms with Crippen LogP contribution in [0.1, 0.15) is 465 Å². The molecule has 0 bridgehead atoms. The number of esters is 4. The Labute approximate surface area is 662 Å². The summed E-state index contributed by atoms with van der Waals surface area (Å²) in [5.74, 6) is -0.518. The van der Waals surface area contributed by atoms with Crippen LogP contribution in [0.2, 0.25) is 0 Å². The fourth-order valence-electron chi connectivity index (χ4n) is 14.6. The van der Waals surface area contributed by atoms with E-state index < -0.39 is 0 Å². The Kier molecular flexibility index (Phi) is 82.5. The first-order valence-corrected chi connectivity index (χ1v) is 46.9. The molecule has 3 N–H and O–H groups in total. The van der Waals surface area contributed by atoms with E-state index in [1.165, 1.54) is 218 Å². The second-order valence-corrected chi connectivity index (χ2v) is 32.2. The molecule has 0 spiro atoms. The van der Waals surface area contributed by atoms with Gasteiger partial charge in [-0.1, -0.05) is 324 Å². The van der Waals surface area contributed by atoms with Gasteiger partial charge in [0.05, 0.1) is 26.3 Å². The lowest BCUT2D eigenvalue weighted by atomic mass is 10.0. The molecule has 2 amide bonds. The largest absolute Gasteiger partial charge is 0.466 e. The van der Waals surface area contributed by atoms with Gasteiger partial charge >= 0.3 is 23.9 Å². The minimum absolute atomic E-state index is 0.0271. The summed E-state index contributed by atoms with van der Waals surface area (Å²) in [6.07, 6.45) is 73.8. The van der Waals surface area contributed by atoms with Gasteiger partial charge in [0.25, 0.3) is 0 Å². The molecule has 632 valence electrons. The molecule has 0 rings (SSSR count). The summed E-state index contributed by atoms with van der Waals surface area (Å²) in [6.45, 7) is 20.7. The third-order valence-electron chi connectivity index (χ3n) is 21.6. The molecule has 0 unspecified atom stereocenters. The molecular weight excluding hydrogens is 1340 g/mol. The first kappa shape index (κ1) is 104. The number of rotatable bonds is 88. The van der Waals surface area contributed by atoms with Crippen LogP contribution in [0, 0.1) is 0 Å². The highest BCUT2D eigenvalue weighted by atomic mass is 16.6. The van der Waals surface area contributed by atoms with Crippen molar-refractivity contribution in [3.8, 4) is 0 Å². The maximum Gasteiger partial charge on any atom is 0.306 e. The third-order valence-corrected chi connectivity index (χ3v) is 21.6. The number of ether oxygens (including phenoxy) is 4. The van der Waals surface area contributed by atoms with Crippen molar-refractivity contribution in [2.24, 2.45) is 0 Å². The molecule has 107 heavy (non-hydrogen) atoms. The predicted molar refractivity (Wildman–Crippen MR) is 452 cm³/mol. The number of carbonyl (C=O) groups excluding carboxylic acids is 6. The number of nitrogens with zero attached hydrogens (tertiary/aromatic N) is 2. The Bertz CT molecular complexity index is 1770. The van der Waals surface area contributed by atoms with Crippen LogP contribution >= 0.6 is 0 Å². The Morgan fingerprint density at radius 3 is 0.729 bits per heavy atom. The molecule has 0 aromatic rings. The third kappa shape index (κ3) is 79.2. The molecule has 0 atom stereocenters. The van der Waals surface area contributed by atoms with Gasteiger partial charge in [0.2, 0.25) is 11.8 Å². The van der Waals surface area contributed by atoms with Gasteiger partial charge in [0.1, 0.15) is 12.2 Å². The van der Waals surface area contributed by atoms with Crippen molar-refractivity contribution >= 4 is 35.7 Å². The van der Waals surface area contributed by atoms with Gasteiger partial charge in [-0.05, 0) is 142 Å². The maximum absolute atomic E-state index is 13.1. The highest BCUT2D eigenvalue weighted by molar-refractivity contribution is 5.81. The van der Waals surface area contributed by atoms with E-state index in [1.54, 1.807) is 0 Å². The van der Waals surface area contributed by atoms with Crippen molar-refractivity contribution in [1.82, 2.24) is 25.8 Å².